The van der Waals surface area contributed by atoms with Crippen LogP contribution in [0.25, 0.3) is 0 Å². The highest BCUT2D eigenvalue weighted by Gasteiger charge is 2.15. The number of furan rings is 1. The summed E-state index contributed by atoms with van der Waals surface area (Å²) < 4.78 is 18.1. The number of amides is 1. The van der Waals surface area contributed by atoms with Gasteiger partial charge in [-0.3, -0.25) is 4.79 Å². The molecule has 5 heteroatoms. The molecule has 0 saturated carbocycles. The van der Waals surface area contributed by atoms with Crippen LogP contribution in [0, 0.1) is 5.82 Å². The lowest BCUT2D eigenvalue weighted by Gasteiger charge is -2.15. The van der Waals surface area contributed by atoms with Gasteiger partial charge in [0.2, 0.25) is 0 Å². The summed E-state index contributed by atoms with van der Waals surface area (Å²) in [7, 11) is 1.66. The second kappa shape index (κ2) is 5.67. The number of nitrogens with two attached hydrogens (primary N) is 1. The van der Waals surface area contributed by atoms with Gasteiger partial charge in [-0.2, -0.15) is 0 Å². The van der Waals surface area contributed by atoms with E-state index in [4.69, 9.17) is 10.2 Å². The minimum atomic E-state index is -0.295. The Morgan fingerprint density at radius 2 is 1.95 bits per heavy atom. The van der Waals surface area contributed by atoms with Crippen molar-refractivity contribution in [3.8, 4) is 0 Å². The minimum Gasteiger partial charge on any atom is -0.455 e. The molecular weight excluding hydrogens is 247 g/mol. The third kappa shape index (κ3) is 3.20. The largest absolute Gasteiger partial charge is 0.455 e. The number of nitrogens with zero attached hydrogens (tertiary/aromatic N) is 1. The van der Waals surface area contributed by atoms with Crippen LogP contribution >= 0.6 is 0 Å². The summed E-state index contributed by atoms with van der Waals surface area (Å²) in [6, 6.07) is 9.31. The number of carbonyl (C=O) groups is 1. The fraction of sp³-hybridized carbons (Fsp3) is 0.214. The molecule has 0 bridgehead atoms. The predicted octanol–water partition coefficient (Wildman–Crippen LogP) is 2.15. The van der Waals surface area contributed by atoms with E-state index in [2.05, 4.69) is 0 Å². The summed E-state index contributed by atoms with van der Waals surface area (Å²) in [4.78, 5) is 13.6. The van der Waals surface area contributed by atoms with Gasteiger partial charge < -0.3 is 15.1 Å². The van der Waals surface area contributed by atoms with Crippen LogP contribution in [0.4, 0.5) is 4.39 Å². The summed E-state index contributed by atoms with van der Waals surface area (Å²) in [5.41, 5.74) is 6.27. The first-order valence-corrected chi connectivity index (χ1v) is 5.89. The van der Waals surface area contributed by atoms with Crippen LogP contribution in [0.15, 0.2) is 40.8 Å². The van der Waals surface area contributed by atoms with Crippen molar-refractivity contribution in [3.05, 3.63) is 59.3 Å². The van der Waals surface area contributed by atoms with E-state index in [9.17, 15) is 9.18 Å². The van der Waals surface area contributed by atoms with E-state index in [0.717, 1.165) is 5.56 Å². The molecule has 2 N–H and O–H groups in total. The number of benzene rings is 1. The molecule has 2 rings (SSSR count). The maximum atomic E-state index is 12.8. The Labute approximate surface area is 110 Å². The molecule has 0 aliphatic rings. The third-order valence-electron chi connectivity index (χ3n) is 2.75. The number of halogens is 1. The van der Waals surface area contributed by atoms with Gasteiger partial charge in [-0.05, 0) is 29.8 Å². The smallest absolute Gasteiger partial charge is 0.289 e. The van der Waals surface area contributed by atoms with E-state index in [1.54, 1.807) is 31.3 Å². The molecule has 0 radical (unpaired) electrons. The summed E-state index contributed by atoms with van der Waals surface area (Å²) >= 11 is 0. The Morgan fingerprint density at radius 3 is 2.53 bits per heavy atom. The Bertz CT molecular complexity index is 563. The molecule has 0 unspecified atom stereocenters. The van der Waals surface area contributed by atoms with E-state index in [1.807, 2.05) is 0 Å². The second-order valence-electron chi connectivity index (χ2n) is 4.26. The molecule has 0 saturated heterocycles. The lowest BCUT2D eigenvalue weighted by molar-refractivity contribution is 0.0751. The van der Waals surface area contributed by atoms with Crippen LogP contribution in [0.5, 0.6) is 0 Å². The van der Waals surface area contributed by atoms with Gasteiger partial charge in [-0.25, -0.2) is 4.39 Å². The zero-order valence-corrected chi connectivity index (χ0v) is 10.6. The Kier molecular flexibility index (Phi) is 3.97. The van der Waals surface area contributed by atoms with Crippen LogP contribution in [0.2, 0.25) is 0 Å². The summed E-state index contributed by atoms with van der Waals surface area (Å²) in [5.74, 6) is 0.295. The van der Waals surface area contributed by atoms with E-state index in [1.165, 1.54) is 17.0 Å². The predicted molar refractivity (Wildman–Crippen MR) is 68.8 cm³/mol. The molecule has 0 aliphatic carbocycles. The number of rotatable bonds is 4. The first kappa shape index (κ1) is 13.3. The Balaban J connectivity index is 2.04. The SMILES string of the molecule is CN(Cc1ccc(F)cc1)C(=O)c1ccc(CN)o1. The van der Waals surface area contributed by atoms with Gasteiger partial charge >= 0.3 is 0 Å². The molecular formula is C14H15FN2O2. The lowest BCUT2D eigenvalue weighted by Crippen LogP contribution is -2.25. The zero-order chi connectivity index (χ0) is 13.8. The van der Waals surface area contributed by atoms with Gasteiger partial charge in [0.15, 0.2) is 5.76 Å². The molecule has 0 spiro atoms. The van der Waals surface area contributed by atoms with Gasteiger partial charge in [0, 0.05) is 13.6 Å². The van der Waals surface area contributed by atoms with Gasteiger partial charge in [0.1, 0.15) is 11.6 Å². The molecule has 0 fully saturated rings. The molecule has 1 heterocycles. The average molecular weight is 262 g/mol. The summed E-state index contributed by atoms with van der Waals surface area (Å²) in [6.07, 6.45) is 0. The third-order valence-corrected chi connectivity index (χ3v) is 2.75. The van der Waals surface area contributed by atoms with Crippen LogP contribution in [-0.4, -0.2) is 17.9 Å². The van der Waals surface area contributed by atoms with Crippen molar-refractivity contribution in [2.75, 3.05) is 7.05 Å². The van der Waals surface area contributed by atoms with E-state index in [0.29, 0.717) is 12.3 Å². The maximum Gasteiger partial charge on any atom is 0.289 e. The molecule has 19 heavy (non-hydrogen) atoms. The van der Waals surface area contributed by atoms with Crippen molar-refractivity contribution in [1.29, 1.82) is 0 Å². The molecule has 1 aromatic carbocycles. The van der Waals surface area contributed by atoms with Gasteiger partial charge in [-0.1, -0.05) is 12.1 Å². The molecule has 100 valence electrons. The second-order valence-corrected chi connectivity index (χ2v) is 4.26. The highest BCUT2D eigenvalue weighted by Crippen LogP contribution is 2.12. The first-order valence-electron chi connectivity index (χ1n) is 5.89. The van der Waals surface area contributed by atoms with Gasteiger partial charge in [0.25, 0.3) is 5.91 Å². The lowest BCUT2D eigenvalue weighted by atomic mass is 10.2. The minimum absolute atomic E-state index is 0.232. The van der Waals surface area contributed by atoms with E-state index < -0.39 is 0 Å². The summed E-state index contributed by atoms with van der Waals surface area (Å²) in [5, 5.41) is 0. The van der Waals surface area contributed by atoms with Crippen molar-refractivity contribution in [1.82, 2.24) is 4.90 Å². The zero-order valence-electron chi connectivity index (χ0n) is 10.6. The number of hydrogen-bond donors (Lipinski definition) is 1. The monoisotopic (exact) mass is 262 g/mol. The topological polar surface area (TPSA) is 59.5 Å². The highest BCUT2D eigenvalue weighted by molar-refractivity contribution is 5.91. The van der Waals surface area contributed by atoms with E-state index >= 15 is 0 Å². The van der Waals surface area contributed by atoms with Crippen LogP contribution in [0.3, 0.4) is 0 Å². The molecule has 4 nitrogen and oxygen atoms in total. The van der Waals surface area contributed by atoms with Crippen molar-refractivity contribution < 1.29 is 13.6 Å². The molecule has 0 aliphatic heterocycles. The van der Waals surface area contributed by atoms with Gasteiger partial charge in [-0.15, -0.1) is 0 Å². The van der Waals surface area contributed by atoms with Crippen LogP contribution in [-0.2, 0) is 13.1 Å². The standard InChI is InChI=1S/C14H15FN2O2/c1-17(9-10-2-4-11(15)5-3-10)14(18)13-7-6-12(8-16)19-13/h2-7H,8-9,16H2,1H3. The Morgan fingerprint density at radius 1 is 1.26 bits per heavy atom. The van der Waals surface area contributed by atoms with Crippen LogP contribution in [0.1, 0.15) is 21.9 Å². The van der Waals surface area contributed by atoms with Crippen molar-refractivity contribution >= 4 is 5.91 Å². The van der Waals surface area contributed by atoms with Crippen molar-refractivity contribution in [2.24, 2.45) is 5.73 Å². The maximum absolute atomic E-state index is 12.8. The molecule has 0 atom stereocenters. The summed E-state index contributed by atoms with van der Waals surface area (Å²) in [6.45, 7) is 0.646. The molecule has 1 amide bonds. The number of carbonyl (C=O) groups excluding carboxylic acids is 1. The number of hydrogen-bond acceptors (Lipinski definition) is 3. The average Bonchev–Trinajstić information content (AvgIpc) is 2.89. The quantitative estimate of drug-likeness (QED) is 0.918. The first-order chi connectivity index (χ1) is 9.10. The molecule has 2 aromatic rings. The van der Waals surface area contributed by atoms with Crippen molar-refractivity contribution in [3.63, 3.8) is 0 Å². The fourth-order valence-corrected chi connectivity index (χ4v) is 1.73. The fourth-order valence-electron chi connectivity index (χ4n) is 1.73. The van der Waals surface area contributed by atoms with Gasteiger partial charge in [0.05, 0.1) is 6.54 Å². The normalized spacial score (nSPS) is 10.5. The molecule has 1 aromatic heterocycles. The Hall–Kier alpha value is -2.14. The van der Waals surface area contributed by atoms with Crippen molar-refractivity contribution in [2.45, 2.75) is 13.1 Å². The van der Waals surface area contributed by atoms with Crippen LogP contribution < -0.4 is 5.73 Å². The highest BCUT2D eigenvalue weighted by atomic mass is 19.1. The van der Waals surface area contributed by atoms with E-state index in [-0.39, 0.29) is 24.0 Å².